The highest BCUT2D eigenvalue weighted by molar-refractivity contribution is 5.73. The molecule has 0 spiro atoms. The zero-order valence-electron chi connectivity index (χ0n) is 10.8. The van der Waals surface area contributed by atoms with Crippen molar-refractivity contribution >= 4 is 5.97 Å². The molecule has 1 rings (SSSR count). The van der Waals surface area contributed by atoms with Gasteiger partial charge in [-0.2, -0.15) is 0 Å². The molecule has 1 unspecified atom stereocenters. The van der Waals surface area contributed by atoms with E-state index in [0.29, 0.717) is 0 Å². The fourth-order valence-electron chi connectivity index (χ4n) is 2.48. The van der Waals surface area contributed by atoms with E-state index in [1.165, 1.54) is 25.8 Å². The maximum atomic E-state index is 11.0. The molecule has 94 valence electrons. The smallest absolute Gasteiger partial charge is 0.309 e. The van der Waals surface area contributed by atoms with Crippen LogP contribution in [-0.4, -0.2) is 35.1 Å². The van der Waals surface area contributed by atoms with Crippen molar-refractivity contribution in [2.75, 3.05) is 13.1 Å². The fourth-order valence-corrected chi connectivity index (χ4v) is 2.48. The molecule has 1 aliphatic rings. The van der Waals surface area contributed by atoms with E-state index in [1.807, 2.05) is 13.8 Å². The van der Waals surface area contributed by atoms with E-state index in [2.05, 4.69) is 11.8 Å². The molecule has 1 heterocycles. The number of carbonyl (C=O) groups is 1. The van der Waals surface area contributed by atoms with Crippen LogP contribution in [0.3, 0.4) is 0 Å². The first kappa shape index (κ1) is 13.5. The molecule has 16 heavy (non-hydrogen) atoms. The number of hydrogen-bond donors (Lipinski definition) is 1. The Morgan fingerprint density at radius 1 is 1.50 bits per heavy atom. The van der Waals surface area contributed by atoms with Gasteiger partial charge in [0.15, 0.2) is 0 Å². The second-order valence-corrected chi connectivity index (χ2v) is 5.53. The highest BCUT2D eigenvalue weighted by atomic mass is 16.4. The van der Waals surface area contributed by atoms with E-state index in [9.17, 15) is 4.79 Å². The van der Waals surface area contributed by atoms with Gasteiger partial charge in [-0.05, 0) is 59.0 Å². The average molecular weight is 227 g/mol. The summed E-state index contributed by atoms with van der Waals surface area (Å²) in [5.41, 5.74) is -0.568. The summed E-state index contributed by atoms with van der Waals surface area (Å²) >= 11 is 0. The predicted octanol–water partition coefficient (Wildman–Crippen LogP) is 2.75. The zero-order chi connectivity index (χ0) is 12.2. The van der Waals surface area contributed by atoms with Gasteiger partial charge in [0, 0.05) is 6.04 Å². The lowest BCUT2D eigenvalue weighted by atomic mass is 9.88. The summed E-state index contributed by atoms with van der Waals surface area (Å²) in [4.78, 5) is 13.5. The van der Waals surface area contributed by atoms with Gasteiger partial charge >= 0.3 is 5.97 Å². The molecule has 0 aromatic heterocycles. The summed E-state index contributed by atoms with van der Waals surface area (Å²) < 4.78 is 0. The standard InChI is InChI=1S/C13H25NO2/c1-4-11-7-5-9-14(11)10-6-8-13(2,3)12(15)16/h11H,4-10H2,1-3H3,(H,15,16). The second-order valence-electron chi connectivity index (χ2n) is 5.53. The third kappa shape index (κ3) is 3.48. The molecule has 0 aromatic rings. The lowest BCUT2D eigenvalue weighted by Gasteiger charge is -2.25. The lowest BCUT2D eigenvalue weighted by Crippen LogP contribution is -2.31. The summed E-state index contributed by atoms with van der Waals surface area (Å²) in [6.45, 7) is 8.14. The summed E-state index contributed by atoms with van der Waals surface area (Å²) in [5, 5.41) is 9.02. The van der Waals surface area contributed by atoms with Gasteiger partial charge in [-0.1, -0.05) is 6.92 Å². The van der Waals surface area contributed by atoms with Crippen molar-refractivity contribution in [3.63, 3.8) is 0 Å². The van der Waals surface area contributed by atoms with Crippen LogP contribution >= 0.6 is 0 Å². The van der Waals surface area contributed by atoms with Crippen molar-refractivity contribution in [3.8, 4) is 0 Å². The van der Waals surface area contributed by atoms with Crippen molar-refractivity contribution in [1.82, 2.24) is 4.90 Å². The van der Waals surface area contributed by atoms with Gasteiger partial charge in [-0.3, -0.25) is 4.79 Å². The van der Waals surface area contributed by atoms with E-state index in [-0.39, 0.29) is 0 Å². The van der Waals surface area contributed by atoms with E-state index in [4.69, 9.17) is 5.11 Å². The van der Waals surface area contributed by atoms with E-state index < -0.39 is 11.4 Å². The molecule has 1 atom stereocenters. The zero-order valence-corrected chi connectivity index (χ0v) is 10.8. The number of rotatable bonds is 6. The maximum absolute atomic E-state index is 11.0. The maximum Gasteiger partial charge on any atom is 0.309 e. The molecule has 1 fully saturated rings. The first-order valence-electron chi connectivity index (χ1n) is 6.45. The Morgan fingerprint density at radius 3 is 2.75 bits per heavy atom. The van der Waals surface area contributed by atoms with Crippen LogP contribution in [0.5, 0.6) is 0 Å². The molecular formula is C13H25NO2. The average Bonchev–Trinajstić information content (AvgIpc) is 2.64. The third-order valence-electron chi connectivity index (χ3n) is 3.80. The molecule has 0 amide bonds. The van der Waals surface area contributed by atoms with Crippen LogP contribution < -0.4 is 0 Å². The Hall–Kier alpha value is -0.570. The van der Waals surface area contributed by atoms with Gasteiger partial charge in [0.2, 0.25) is 0 Å². The Labute approximate surface area is 98.8 Å². The minimum absolute atomic E-state index is 0.568. The molecule has 0 saturated carbocycles. The van der Waals surface area contributed by atoms with Crippen molar-refractivity contribution in [1.29, 1.82) is 0 Å². The van der Waals surface area contributed by atoms with Crippen LogP contribution in [-0.2, 0) is 4.79 Å². The van der Waals surface area contributed by atoms with Gasteiger partial charge in [0.05, 0.1) is 5.41 Å². The van der Waals surface area contributed by atoms with Crippen LogP contribution in [0, 0.1) is 5.41 Å². The first-order valence-corrected chi connectivity index (χ1v) is 6.45. The van der Waals surface area contributed by atoms with Crippen molar-refractivity contribution in [2.24, 2.45) is 5.41 Å². The van der Waals surface area contributed by atoms with Crippen LogP contribution in [0.25, 0.3) is 0 Å². The van der Waals surface area contributed by atoms with Crippen LogP contribution in [0.4, 0.5) is 0 Å². The number of carboxylic acids is 1. The molecule has 1 aliphatic heterocycles. The van der Waals surface area contributed by atoms with E-state index in [1.54, 1.807) is 0 Å². The number of aliphatic carboxylic acids is 1. The van der Waals surface area contributed by atoms with E-state index in [0.717, 1.165) is 25.4 Å². The summed E-state index contributed by atoms with van der Waals surface area (Å²) in [6.07, 6.45) is 5.62. The molecule has 1 saturated heterocycles. The highest BCUT2D eigenvalue weighted by Crippen LogP contribution is 2.25. The van der Waals surface area contributed by atoms with Gasteiger partial charge in [0.25, 0.3) is 0 Å². The SMILES string of the molecule is CCC1CCCN1CCCC(C)(C)C(=O)O. The minimum Gasteiger partial charge on any atom is -0.481 e. The van der Waals surface area contributed by atoms with Crippen LogP contribution in [0.2, 0.25) is 0 Å². The molecular weight excluding hydrogens is 202 g/mol. The quantitative estimate of drug-likeness (QED) is 0.758. The normalized spacial score (nSPS) is 22.6. The highest BCUT2D eigenvalue weighted by Gasteiger charge is 2.28. The molecule has 3 nitrogen and oxygen atoms in total. The van der Waals surface area contributed by atoms with Crippen molar-refractivity contribution in [3.05, 3.63) is 0 Å². The van der Waals surface area contributed by atoms with Crippen molar-refractivity contribution in [2.45, 2.75) is 58.9 Å². The molecule has 3 heteroatoms. The number of hydrogen-bond acceptors (Lipinski definition) is 2. The number of carboxylic acid groups (broad SMARTS) is 1. The molecule has 0 aliphatic carbocycles. The van der Waals surface area contributed by atoms with Gasteiger partial charge in [-0.15, -0.1) is 0 Å². The Bertz CT molecular complexity index is 238. The number of nitrogens with zero attached hydrogens (tertiary/aromatic N) is 1. The molecule has 0 radical (unpaired) electrons. The fraction of sp³-hybridized carbons (Fsp3) is 0.923. The van der Waals surface area contributed by atoms with Crippen LogP contribution in [0.15, 0.2) is 0 Å². The monoisotopic (exact) mass is 227 g/mol. The van der Waals surface area contributed by atoms with Gasteiger partial charge < -0.3 is 10.0 Å². The second kappa shape index (κ2) is 5.67. The molecule has 0 aromatic carbocycles. The molecule has 0 bridgehead atoms. The summed E-state index contributed by atoms with van der Waals surface area (Å²) in [6, 6.07) is 0.743. The predicted molar refractivity (Wildman–Crippen MR) is 65.5 cm³/mol. The lowest BCUT2D eigenvalue weighted by molar-refractivity contribution is -0.147. The Balaban J connectivity index is 2.27. The molecule has 1 N–H and O–H groups in total. The minimum atomic E-state index is -0.680. The summed E-state index contributed by atoms with van der Waals surface area (Å²) in [7, 11) is 0. The Kier molecular flexibility index (Phi) is 4.78. The van der Waals surface area contributed by atoms with Gasteiger partial charge in [0.1, 0.15) is 0 Å². The van der Waals surface area contributed by atoms with E-state index >= 15 is 0 Å². The first-order chi connectivity index (χ1) is 7.47. The number of likely N-dealkylation sites (tertiary alicyclic amines) is 1. The van der Waals surface area contributed by atoms with Crippen molar-refractivity contribution < 1.29 is 9.90 Å². The van der Waals surface area contributed by atoms with Crippen LogP contribution in [0.1, 0.15) is 52.9 Å². The summed E-state index contributed by atoms with van der Waals surface area (Å²) in [5.74, 6) is -0.680. The Morgan fingerprint density at radius 2 is 2.19 bits per heavy atom. The topological polar surface area (TPSA) is 40.5 Å². The largest absolute Gasteiger partial charge is 0.481 e. The van der Waals surface area contributed by atoms with Gasteiger partial charge in [-0.25, -0.2) is 0 Å². The third-order valence-corrected chi connectivity index (χ3v) is 3.80.